The van der Waals surface area contributed by atoms with Gasteiger partial charge < -0.3 is 20.4 Å². The van der Waals surface area contributed by atoms with Crippen molar-refractivity contribution in [1.29, 1.82) is 0 Å². The zero-order chi connectivity index (χ0) is 40.4. The summed E-state index contributed by atoms with van der Waals surface area (Å²) in [5.74, 6) is -3.46. The lowest BCUT2D eigenvalue weighted by atomic mass is 9.91. The lowest BCUT2D eigenvalue weighted by molar-refractivity contribution is -0.271. The second-order valence-corrected chi connectivity index (χ2v) is 18.9. The number of nitrogens with one attached hydrogen (secondary N) is 1. The van der Waals surface area contributed by atoms with Crippen LogP contribution in [0.1, 0.15) is 50.1 Å². The summed E-state index contributed by atoms with van der Waals surface area (Å²) in [6.07, 6.45) is -2.90. The highest BCUT2D eigenvalue weighted by molar-refractivity contribution is 7.92. The summed E-state index contributed by atoms with van der Waals surface area (Å²) in [6, 6.07) is 12.4. The smallest absolute Gasteiger partial charge is 0.294 e. The normalized spacial score (nSPS) is 13.7. The van der Waals surface area contributed by atoms with Crippen LogP contribution in [0.5, 0.6) is 23.0 Å². The fourth-order valence-corrected chi connectivity index (χ4v) is 9.03. The third-order valence-corrected chi connectivity index (χ3v) is 12.8. The standard InChI is InChI=1S/C35H31NO15S4/c1-18-2-4-28(5-3-18)52(41,42)36-27-10-19-6-21-12-29(53(43,44)45)14-23(33(21)38)8-25-16-31(55(49,50)51)17-26(35(25)40)9-24-15-30(54(46,47)48)13-22(34(24)39)7-20(11-27)32(19)37/h2-5,10-17,36-40H,6-9H2,1H3,(H,43,44,45)(H,46,47,48)(H,49,50,51)/p-3. The second kappa shape index (κ2) is 13.8. The molecule has 20 heteroatoms. The van der Waals surface area contributed by atoms with E-state index in [1.807, 2.05) is 0 Å². The minimum atomic E-state index is -5.05. The molecule has 5 aromatic rings. The predicted molar refractivity (Wildman–Crippen MR) is 188 cm³/mol. The Morgan fingerprint density at radius 1 is 0.473 bits per heavy atom. The lowest BCUT2D eigenvalue weighted by Gasteiger charge is -2.27. The van der Waals surface area contributed by atoms with Gasteiger partial charge in [0.1, 0.15) is 5.75 Å². The van der Waals surface area contributed by atoms with Crippen LogP contribution >= 0.6 is 0 Å². The summed E-state index contributed by atoms with van der Waals surface area (Å²) in [4.78, 5) is -2.65. The van der Waals surface area contributed by atoms with Crippen LogP contribution in [0.15, 0.2) is 92.4 Å². The van der Waals surface area contributed by atoms with E-state index in [9.17, 15) is 67.8 Å². The van der Waals surface area contributed by atoms with Crippen LogP contribution in [-0.2, 0) is 66.1 Å². The van der Waals surface area contributed by atoms with Crippen LogP contribution < -0.4 is 20.0 Å². The first-order valence-electron chi connectivity index (χ1n) is 15.8. The van der Waals surface area contributed by atoms with Crippen LogP contribution in [-0.4, -0.2) is 52.4 Å². The molecular formula is C35H28NO15S4-3. The lowest BCUT2D eigenvalue weighted by Crippen LogP contribution is -2.15. The van der Waals surface area contributed by atoms with Crippen molar-refractivity contribution in [3.05, 3.63) is 123 Å². The molecule has 0 fully saturated rings. The highest BCUT2D eigenvalue weighted by Gasteiger charge is 2.23. The molecule has 0 unspecified atom stereocenters. The topological polar surface area (TPSA) is 299 Å². The van der Waals surface area contributed by atoms with Gasteiger partial charge in [0.05, 0.1) is 19.6 Å². The van der Waals surface area contributed by atoms with Crippen molar-refractivity contribution in [3.63, 3.8) is 0 Å². The predicted octanol–water partition coefficient (Wildman–Crippen LogP) is 2.14. The minimum Gasteiger partial charge on any atom is -0.872 e. The molecule has 0 saturated heterocycles. The van der Waals surface area contributed by atoms with E-state index in [1.165, 1.54) is 24.3 Å². The van der Waals surface area contributed by atoms with E-state index >= 15 is 0 Å². The molecule has 5 aromatic carbocycles. The first kappa shape index (κ1) is 39.5. The molecule has 0 heterocycles. The highest BCUT2D eigenvalue weighted by atomic mass is 32.2. The Kier molecular flexibility index (Phi) is 9.92. The third-order valence-electron chi connectivity index (χ3n) is 8.92. The van der Waals surface area contributed by atoms with Gasteiger partial charge in [-0.05, 0) is 125 Å². The van der Waals surface area contributed by atoms with Gasteiger partial charge in [0.25, 0.3) is 40.4 Å². The number of hydrogen-bond donors (Lipinski definition) is 5. The Hall–Kier alpha value is -5.22. The largest absolute Gasteiger partial charge is 0.872 e. The van der Waals surface area contributed by atoms with Crippen molar-refractivity contribution in [2.24, 2.45) is 0 Å². The molecule has 0 aromatic heterocycles. The van der Waals surface area contributed by atoms with E-state index in [0.717, 1.165) is 54.1 Å². The fourth-order valence-electron chi connectivity index (χ4n) is 6.24. The molecule has 1 aliphatic rings. The Labute approximate surface area is 315 Å². The molecule has 0 saturated carbocycles. The van der Waals surface area contributed by atoms with E-state index in [-0.39, 0.29) is 21.7 Å². The van der Waals surface area contributed by atoms with E-state index in [1.54, 1.807) is 6.92 Å². The van der Waals surface area contributed by atoms with Crippen molar-refractivity contribution >= 4 is 46.1 Å². The van der Waals surface area contributed by atoms with Gasteiger partial charge in [-0.15, -0.1) is 17.2 Å². The molecule has 16 nitrogen and oxygen atoms in total. The van der Waals surface area contributed by atoms with E-state index < -0.39 is 137 Å². The maximum absolute atomic E-state index is 14.0. The first-order chi connectivity index (χ1) is 25.4. The van der Waals surface area contributed by atoms with E-state index in [2.05, 4.69) is 4.72 Å². The molecule has 55 heavy (non-hydrogen) atoms. The Morgan fingerprint density at radius 3 is 1.09 bits per heavy atom. The van der Waals surface area contributed by atoms with Crippen molar-refractivity contribution < 1.29 is 67.8 Å². The fraction of sp³-hybridized carbons (Fsp3) is 0.143. The number of hydrogen-bond acceptors (Lipinski definition) is 12. The van der Waals surface area contributed by atoms with Gasteiger partial charge >= 0.3 is 0 Å². The van der Waals surface area contributed by atoms with Gasteiger partial charge in [0.2, 0.25) is 0 Å². The summed E-state index contributed by atoms with van der Waals surface area (Å²) in [5.41, 5.74) is -2.69. The first-order valence-corrected chi connectivity index (χ1v) is 21.6. The van der Waals surface area contributed by atoms with Crippen molar-refractivity contribution in [1.82, 2.24) is 0 Å². The van der Waals surface area contributed by atoms with Crippen molar-refractivity contribution in [2.45, 2.75) is 52.2 Å². The molecule has 0 aliphatic heterocycles. The zero-order valence-corrected chi connectivity index (χ0v) is 31.4. The van der Waals surface area contributed by atoms with Gasteiger partial charge in [0.15, 0.2) is 0 Å². The monoisotopic (exact) mass is 830 g/mol. The molecule has 0 radical (unpaired) electrons. The minimum absolute atomic E-state index is 0.176. The van der Waals surface area contributed by atoms with Gasteiger partial charge in [0, 0.05) is 18.5 Å². The average Bonchev–Trinajstić information content (AvgIpc) is 3.06. The Bertz CT molecular complexity index is 2740. The van der Waals surface area contributed by atoms with Crippen molar-refractivity contribution in [2.75, 3.05) is 4.72 Å². The van der Waals surface area contributed by atoms with Gasteiger partial charge in [-0.25, -0.2) is 8.42 Å². The zero-order valence-electron chi connectivity index (χ0n) is 28.2. The molecule has 290 valence electrons. The Balaban J connectivity index is 1.67. The number of aromatic hydroxyl groups is 1. The molecule has 1 aliphatic carbocycles. The molecule has 0 atom stereocenters. The van der Waals surface area contributed by atoms with Crippen molar-refractivity contribution in [3.8, 4) is 23.0 Å². The van der Waals surface area contributed by atoms with Crippen LogP contribution in [0.3, 0.4) is 0 Å². The third kappa shape index (κ3) is 8.25. The van der Waals surface area contributed by atoms with Gasteiger partial charge in [-0.1, -0.05) is 17.7 Å². The molecule has 0 amide bonds. The van der Waals surface area contributed by atoms with Crippen LogP contribution in [0.4, 0.5) is 5.69 Å². The summed E-state index contributed by atoms with van der Waals surface area (Å²) in [6.45, 7) is 1.73. The van der Waals surface area contributed by atoms with Crippen LogP contribution in [0.2, 0.25) is 0 Å². The number of sulfonamides is 1. The van der Waals surface area contributed by atoms with Crippen LogP contribution in [0, 0.1) is 6.92 Å². The molecule has 0 spiro atoms. The number of phenols is 1. The molecule has 8 bridgehead atoms. The quantitative estimate of drug-likeness (QED) is 0.150. The summed E-state index contributed by atoms with van der Waals surface area (Å²) in [5, 5.41) is 53.2. The summed E-state index contributed by atoms with van der Waals surface area (Å²) >= 11 is 0. The number of rotatable bonds is 6. The molecule has 5 N–H and O–H groups in total. The number of aryl methyl sites for hydroxylation is 1. The molecule has 6 rings (SSSR count). The maximum Gasteiger partial charge on any atom is 0.294 e. The maximum atomic E-state index is 14.0. The second-order valence-electron chi connectivity index (χ2n) is 12.9. The summed E-state index contributed by atoms with van der Waals surface area (Å²) in [7, 11) is -19.5. The number of benzene rings is 5. The van der Waals surface area contributed by atoms with Gasteiger partial charge in [-0.2, -0.15) is 25.3 Å². The Morgan fingerprint density at radius 2 is 0.764 bits per heavy atom. The van der Waals surface area contributed by atoms with Gasteiger partial charge in [-0.3, -0.25) is 18.4 Å². The SMILES string of the molecule is Cc1ccc(S(=O)(=O)Nc2cc3c([O-])c(c2)Cc2cc(S(=O)(=O)O)cc(c2[O-])Cc2cc(S(=O)(=O)O)cc(c2O)Cc2cc(S(=O)(=O)O)cc(c2[O-])C3)cc1. The highest BCUT2D eigenvalue weighted by Crippen LogP contribution is 2.39. The van der Waals surface area contributed by atoms with E-state index in [4.69, 9.17) is 0 Å². The summed E-state index contributed by atoms with van der Waals surface area (Å²) < 4.78 is 133. The van der Waals surface area contributed by atoms with E-state index in [0.29, 0.717) is 0 Å². The average molecular weight is 831 g/mol. The number of anilines is 1. The number of phenolic OH excluding ortho intramolecular Hbond substituents is 1. The molecular weight excluding hydrogens is 803 g/mol. The number of fused-ring (bicyclic) bond motifs is 8. The van der Waals surface area contributed by atoms with Crippen LogP contribution in [0.25, 0.3) is 0 Å².